The molecule has 0 saturated heterocycles. The van der Waals surface area contributed by atoms with E-state index in [0.717, 1.165) is 15.2 Å². The second kappa shape index (κ2) is 7.38. The van der Waals surface area contributed by atoms with Gasteiger partial charge in [-0.3, -0.25) is 9.20 Å². The molecule has 2 aromatic heterocycles. The van der Waals surface area contributed by atoms with Crippen LogP contribution in [-0.2, 0) is 4.79 Å². The minimum Gasteiger partial charge on any atom is -0.495 e. The third-order valence-corrected chi connectivity index (χ3v) is 6.27. The van der Waals surface area contributed by atoms with Gasteiger partial charge >= 0.3 is 0 Å². The lowest BCUT2D eigenvalue weighted by molar-refractivity contribution is -0.115. The summed E-state index contributed by atoms with van der Waals surface area (Å²) in [6, 6.07) is 13.1. The molecule has 27 heavy (non-hydrogen) atoms. The molecular formula is C18H15ClN4O2S2. The summed E-state index contributed by atoms with van der Waals surface area (Å²) < 4.78 is 8.39. The second-order valence-corrected chi connectivity index (χ2v) is 8.52. The van der Waals surface area contributed by atoms with E-state index >= 15 is 0 Å². The molecule has 1 atom stereocenters. The minimum atomic E-state index is -0.389. The molecule has 138 valence electrons. The van der Waals surface area contributed by atoms with E-state index in [1.54, 1.807) is 36.6 Å². The molecule has 0 bridgehead atoms. The van der Waals surface area contributed by atoms with Crippen molar-refractivity contribution in [3.8, 4) is 5.75 Å². The Labute approximate surface area is 168 Å². The summed E-state index contributed by atoms with van der Waals surface area (Å²) in [7, 11) is 1.55. The Morgan fingerprint density at radius 2 is 2.11 bits per heavy atom. The molecule has 0 fully saturated rings. The summed E-state index contributed by atoms with van der Waals surface area (Å²) in [5.74, 6) is 0.385. The number of hydrogen-bond donors (Lipinski definition) is 1. The zero-order valence-corrected chi connectivity index (χ0v) is 16.9. The number of nitrogens with zero attached hydrogens (tertiary/aromatic N) is 3. The monoisotopic (exact) mass is 418 g/mol. The van der Waals surface area contributed by atoms with Crippen molar-refractivity contribution in [2.24, 2.45) is 0 Å². The molecule has 1 N–H and O–H groups in total. The lowest BCUT2D eigenvalue weighted by Crippen LogP contribution is -2.23. The van der Waals surface area contributed by atoms with Gasteiger partial charge in [0.15, 0.2) is 5.16 Å². The van der Waals surface area contributed by atoms with Crippen LogP contribution in [0.4, 0.5) is 5.69 Å². The van der Waals surface area contributed by atoms with Gasteiger partial charge in [0.05, 0.1) is 28.3 Å². The van der Waals surface area contributed by atoms with Crippen LogP contribution in [0.3, 0.4) is 0 Å². The Balaban J connectivity index is 1.57. The van der Waals surface area contributed by atoms with Gasteiger partial charge in [-0.05, 0) is 37.3 Å². The first-order chi connectivity index (χ1) is 13.1. The van der Waals surface area contributed by atoms with Gasteiger partial charge in [0.2, 0.25) is 10.9 Å². The number of benzene rings is 2. The van der Waals surface area contributed by atoms with Crippen LogP contribution in [0.25, 0.3) is 15.2 Å². The third-order valence-electron chi connectivity index (χ3n) is 3.98. The summed E-state index contributed by atoms with van der Waals surface area (Å²) >= 11 is 8.95. The first-order valence-electron chi connectivity index (χ1n) is 8.10. The number of aromatic nitrogens is 3. The molecule has 6 nitrogen and oxygen atoms in total. The quantitative estimate of drug-likeness (QED) is 0.475. The van der Waals surface area contributed by atoms with Crippen LogP contribution in [0.2, 0.25) is 5.02 Å². The predicted octanol–water partition coefficient (Wildman–Crippen LogP) is 4.73. The third kappa shape index (κ3) is 3.47. The summed E-state index contributed by atoms with van der Waals surface area (Å²) in [4.78, 5) is 13.5. The van der Waals surface area contributed by atoms with E-state index in [1.807, 2.05) is 35.6 Å². The number of fused-ring (bicyclic) bond motifs is 3. The average Bonchev–Trinajstić information content (AvgIpc) is 3.21. The maximum Gasteiger partial charge on any atom is 0.237 e. The number of carbonyl (C=O) groups excluding carboxylic acids is 1. The number of ether oxygens (including phenoxy) is 1. The highest BCUT2D eigenvalue weighted by molar-refractivity contribution is 8.00. The van der Waals surface area contributed by atoms with Crippen molar-refractivity contribution in [1.82, 2.24) is 14.6 Å². The smallest absolute Gasteiger partial charge is 0.237 e. The van der Waals surface area contributed by atoms with Gasteiger partial charge in [0, 0.05) is 5.02 Å². The van der Waals surface area contributed by atoms with Crippen molar-refractivity contribution in [2.45, 2.75) is 17.3 Å². The molecule has 0 saturated carbocycles. The zero-order valence-electron chi connectivity index (χ0n) is 14.5. The number of nitrogens with one attached hydrogen (secondary N) is 1. The Bertz CT molecular complexity index is 1140. The number of carbonyl (C=O) groups is 1. The molecule has 4 aromatic rings. The number of methoxy groups -OCH3 is 1. The number of hydrogen-bond acceptors (Lipinski definition) is 6. The number of thiazole rings is 1. The zero-order chi connectivity index (χ0) is 19.0. The van der Waals surface area contributed by atoms with Crippen molar-refractivity contribution in [3.63, 3.8) is 0 Å². The van der Waals surface area contributed by atoms with Crippen LogP contribution in [0.5, 0.6) is 5.75 Å². The number of halogens is 1. The van der Waals surface area contributed by atoms with Gasteiger partial charge in [0.25, 0.3) is 0 Å². The molecular weight excluding hydrogens is 404 g/mol. The van der Waals surface area contributed by atoms with Crippen LogP contribution < -0.4 is 10.1 Å². The minimum absolute atomic E-state index is 0.170. The number of thioether (sulfide) groups is 1. The van der Waals surface area contributed by atoms with Crippen molar-refractivity contribution in [2.75, 3.05) is 12.4 Å². The molecule has 4 rings (SSSR count). The number of para-hydroxylation sites is 1. The van der Waals surface area contributed by atoms with Crippen LogP contribution in [0.15, 0.2) is 47.6 Å². The number of rotatable bonds is 5. The highest BCUT2D eigenvalue weighted by Crippen LogP contribution is 2.32. The van der Waals surface area contributed by atoms with Gasteiger partial charge in [-0.15, -0.1) is 10.2 Å². The molecule has 0 radical (unpaired) electrons. The van der Waals surface area contributed by atoms with E-state index in [-0.39, 0.29) is 11.2 Å². The van der Waals surface area contributed by atoms with Gasteiger partial charge in [0.1, 0.15) is 5.75 Å². The molecule has 0 aliphatic rings. The van der Waals surface area contributed by atoms with Crippen molar-refractivity contribution in [3.05, 3.63) is 47.5 Å². The summed E-state index contributed by atoms with van der Waals surface area (Å²) in [6.07, 6.45) is 0. The van der Waals surface area contributed by atoms with Gasteiger partial charge in [-0.25, -0.2) is 0 Å². The number of anilines is 1. The van der Waals surface area contributed by atoms with E-state index in [1.165, 1.54) is 11.8 Å². The number of amides is 1. The standard InChI is InChI=1S/C18H15ClN4O2S2/c1-10(16(24)20-12-9-11(19)7-8-14(12)25-2)26-17-21-22-18-23(17)13-5-3-4-6-15(13)27-18/h3-10H,1-2H3,(H,20,24). The van der Waals surface area contributed by atoms with E-state index in [0.29, 0.717) is 21.6 Å². The molecule has 2 aromatic carbocycles. The lowest BCUT2D eigenvalue weighted by atomic mass is 10.3. The molecule has 9 heteroatoms. The van der Waals surface area contributed by atoms with Gasteiger partial charge in [-0.2, -0.15) is 0 Å². The first-order valence-corrected chi connectivity index (χ1v) is 10.2. The van der Waals surface area contributed by atoms with E-state index in [9.17, 15) is 4.79 Å². The van der Waals surface area contributed by atoms with E-state index in [2.05, 4.69) is 15.5 Å². The highest BCUT2D eigenvalue weighted by atomic mass is 35.5. The average molecular weight is 419 g/mol. The Kier molecular flexibility index (Phi) is 4.94. The van der Waals surface area contributed by atoms with E-state index < -0.39 is 0 Å². The molecule has 2 heterocycles. The summed E-state index contributed by atoms with van der Waals surface area (Å²) in [5, 5.41) is 12.2. The topological polar surface area (TPSA) is 68.5 Å². The second-order valence-electron chi connectivity index (χ2n) is 5.76. The van der Waals surface area contributed by atoms with Crippen LogP contribution >= 0.6 is 34.7 Å². The Hall–Kier alpha value is -2.29. The van der Waals surface area contributed by atoms with Crippen LogP contribution in [0, 0.1) is 0 Å². The SMILES string of the molecule is COc1ccc(Cl)cc1NC(=O)C(C)Sc1nnc2sc3ccccc3n12. The van der Waals surface area contributed by atoms with E-state index in [4.69, 9.17) is 16.3 Å². The first kappa shape index (κ1) is 18.1. The largest absolute Gasteiger partial charge is 0.495 e. The van der Waals surface area contributed by atoms with Gasteiger partial charge < -0.3 is 10.1 Å². The molecule has 0 spiro atoms. The fraction of sp³-hybridized carbons (Fsp3) is 0.167. The maximum absolute atomic E-state index is 12.7. The van der Waals surface area contributed by atoms with Crippen LogP contribution in [0.1, 0.15) is 6.92 Å². The van der Waals surface area contributed by atoms with Crippen molar-refractivity contribution >= 4 is 61.5 Å². The lowest BCUT2D eigenvalue weighted by Gasteiger charge is -2.13. The summed E-state index contributed by atoms with van der Waals surface area (Å²) in [5.41, 5.74) is 1.57. The van der Waals surface area contributed by atoms with Crippen molar-refractivity contribution < 1.29 is 9.53 Å². The predicted molar refractivity (Wildman–Crippen MR) is 110 cm³/mol. The fourth-order valence-corrected chi connectivity index (χ4v) is 4.71. The molecule has 0 aliphatic carbocycles. The molecule has 1 unspecified atom stereocenters. The normalized spacial score (nSPS) is 12.4. The highest BCUT2D eigenvalue weighted by Gasteiger charge is 2.21. The van der Waals surface area contributed by atoms with Gasteiger partial charge in [-0.1, -0.05) is 46.8 Å². The molecule has 1 amide bonds. The molecule has 0 aliphatic heterocycles. The Morgan fingerprint density at radius 1 is 1.30 bits per heavy atom. The fourth-order valence-electron chi connectivity index (χ4n) is 2.66. The Morgan fingerprint density at radius 3 is 2.93 bits per heavy atom. The summed E-state index contributed by atoms with van der Waals surface area (Å²) in [6.45, 7) is 1.83. The maximum atomic E-state index is 12.7. The van der Waals surface area contributed by atoms with Crippen LogP contribution in [-0.4, -0.2) is 32.9 Å². The van der Waals surface area contributed by atoms with Crippen molar-refractivity contribution in [1.29, 1.82) is 0 Å².